The number of hydroxylamine groups is 1. The molecule has 1 N–H and O–H groups in total. The first-order valence-electron chi connectivity index (χ1n) is 4.78. The van der Waals surface area contributed by atoms with Crippen molar-refractivity contribution in [3.8, 4) is 0 Å². The summed E-state index contributed by atoms with van der Waals surface area (Å²) in [6.07, 6.45) is 2.22. The molecule has 14 heavy (non-hydrogen) atoms. The van der Waals surface area contributed by atoms with Gasteiger partial charge in [0, 0.05) is 6.54 Å². The van der Waals surface area contributed by atoms with Crippen LogP contribution in [-0.4, -0.2) is 39.4 Å². The summed E-state index contributed by atoms with van der Waals surface area (Å²) in [5, 5.41) is 18.7. The molecule has 0 spiro atoms. The molecule has 0 bridgehead atoms. The molecule has 1 saturated heterocycles. The third-order valence-electron chi connectivity index (χ3n) is 2.09. The van der Waals surface area contributed by atoms with Crippen molar-refractivity contribution in [1.29, 1.82) is 0 Å². The number of β-amino-alcohol motifs (C(OH)–C–C–N with tert-alkyl or cyclic N) is 1. The summed E-state index contributed by atoms with van der Waals surface area (Å²) in [6, 6.07) is 0. The molecule has 6 nitrogen and oxygen atoms in total. The van der Waals surface area contributed by atoms with Crippen molar-refractivity contribution in [2.75, 3.05) is 18.2 Å². The van der Waals surface area contributed by atoms with E-state index in [2.05, 4.69) is 17.2 Å². The van der Waals surface area contributed by atoms with Crippen LogP contribution in [0, 0.1) is 0 Å². The fraction of sp³-hybridized carbons (Fsp3) is 0.750. The second-order valence-corrected chi connectivity index (χ2v) is 3.33. The molecule has 1 fully saturated rings. The van der Waals surface area contributed by atoms with Crippen molar-refractivity contribution in [2.45, 2.75) is 26.0 Å². The molecule has 1 aliphatic heterocycles. The summed E-state index contributed by atoms with van der Waals surface area (Å²) < 4.78 is 1.78. The summed E-state index contributed by atoms with van der Waals surface area (Å²) in [4.78, 5) is 5.28. The van der Waals surface area contributed by atoms with Crippen LogP contribution in [0.5, 0.6) is 0 Å². The lowest BCUT2D eigenvalue weighted by molar-refractivity contribution is 0.114. The van der Waals surface area contributed by atoms with Crippen LogP contribution in [0.4, 0.5) is 5.82 Å². The second-order valence-electron chi connectivity index (χ2n) is 3.33. The highest BCUT2D eigenvalue weighted by molar-refractivity contribution is 5.33. The second kappa shape index (κ2) is 3.93. The molecule has 1 aromatic rings. The summed E-state index contributed by atoms with van der Waals surface area (Å²) >= 11 is 0. The summed E-state index contributed by atoms with van der Waals surface area (Å²) in [7, 11) is 0. The zero-order valence-corrected chi connectivity index (χ0v) is 8.13. The van der Waals surface area contributed by atoms with E-state index in [-0.39, 0.29) is 0 Å². The Morgan fingerprint density at radius 2 is 2.57 bits per heavy atom. The lowest BCUT2D eigenvalue weighted by Gasteiger charge is -2.15. The van der Waals surface area contributed by atoms with Gasteiger partial charge >= 0.3 is 0 Å². The Hall–Kier alpha value is -1.14. The van der Waals surface area contributed by atoms with Crippen molar-refractivity contribution in [1.82, 2.24) is 15.0 Å². The number of aromatic nitrogens is 3. The minimum Gasteiger partial charge on any atom is -0.389 e. The Morgan fingerprint density at radius 1 is 1.71 bits per heavy atom. The fourth-order valence-electron chi connectivity index (χ4n) is 1.45. The molecule has 0 saturated carbocycles. The predicted octanol–water partition coefficient (Wildman–Crippen LogP) is -0.199. The molecular weight excluding hydrogens is 184 g/mol. The maximum atomic E-state index is 9.30. The van der Waals surface area contributed by atoms with Gasteiger partial charge in [0.2, 0.25) is 0 Å². The van der Waals surface area contributed by atoms with E-state index in [0.717, 1.165) is 18.8 Å². The highest BCUT2D eigenvalue weighted by Gasteiger charge is 2.24. The zero-order valence-electron chi connectivity index (χ0n) is 8.13. The molecule has 6 heteroatoms. The number of hydrogen-bond donors (Lipinski definition) is 1. The van der Waals surface area contributed by atoms with Gasteiger partial charge in [0.15, 0.2) is 5.82 Å². The number of hydrogen-bond acceptors (Lipinski definition) is 5. The summed E-state index contributed by atoms with van der Waals surface area (Å²) in [5.74, 6) is 0.809. The summed E-state index contributed by atoms with van der Waals surface area (Å²) in [6.45, 7) is 3.71. The normalized spacial score (nSPS) is 21.9. The fourth-order valence-corrected chi connectivity index (χ4v) is 1.45. The van der Waals surface area contributed by atoms with Crippen molar-refractivity contribution < 1.29 is 9.94 Å². The van der Waals surface area contributed by atoms with Crippen LogP contribution < -0.4 is 5.06 Å². The van der Waals surface area contributed by atoms with Gasteiger partial charge in [-0.25, -0.2) is 9.75 Å². The van der Waals surface area contributed by atoms with Gasteiger partial charge in [-0.3, -0.25) is 4.84 Å². The van der Waals surface area contributed by atoms with E-state index in [1.165, 1.54) is 0 Å². The van der Waals surface area contributed by atoms with E-state index in [4.69, 9.17) is 4.84 Å². The van der Waals surface area contributed by atoms with E-state index in [1.54, 1.807) is 15.9 Å². The Bertz CT molecular complexity index is 301. The Balaban J connectivity index is 2.11. The van der Waals surface area contributed by atoms with E-state index in [1.807, 2.05) is 0 Å². The number of aliphatic hydroxyl groups excluding tert-OH is 1. The molecule has 0 aliphatic carbocycles. The molecule has 2 rings (SSSR count). The first-order chi connectivity index (χ1) is 6.81. The topological polar surface area (TPSA) is 63.4 Å². The quantitative estimate of drug-likeness (QED) is 0.728. The van der Waals surface area contributed by atoms with Crippen molar-refractivity contribution in [2.24, 2.45) is 0 Å². The molecule has 1 unspecified atom stereocenters. The Labute approximate surface area is 82.0 Å². The van der Waals surface area contributed by atoms with Crippen LogP contribution in [0.25, 0.3) is 0 Å². The average Bonchev–Trinajstić information content (AvgIpc) is 2.74. The van der Waals surface area contributed by atoms with Crippen LogP contribution in [0.3, 0.4) is 0 Å². The SMILES string of the molecule is CCCn1nncc1N1CC(O)CO1. The van der Waals surface area contributed by atoms with E-state index in [9.17, 15) is 5.11 Å². The minimum absolute atomic E-state index is 0.345. The van der Waals surface area contributed by atoms with Crippen molar-refractivity contribution >= 4 is 5.82 Å². The van der Waals surface area contributed by atoms with Gasteiger partial charge < -0.3 is 5.11 Å². The smallest absolute Gasteiger partial charge is 0.171 e. The zero-order chi connectivity index (χ0) is 9.97. The first-order valence-corrected chi connectivity index (χ1v) is 4.78. The predicted molar refractivity (Wildman–Crippen MR) is 49.6 cm³/mol. The molecule has 0 radical (unpaired) electrons. The average molecular weight is 198 g/mol. The molecule has 0 aromatic carbocycles. The number of nitrogens with zero attached hydrogens (tertiary/aromatic N) is 4. The van der Waals surface area contributed by atoms with Gasteiger partial charge in [0.25, 0.3) is 0 Å². The van der Waals surface area contributed by atoms with Gasteiger partial charge in [-0.2, -0.15) is 0 Å². The van der Waals surface area contributed by atoms with Gasteiger partial charge in [-0.15, -0.1) is 5.10 Å². The van der Waals surface area contributed by atoms with Crippen molar-refractivity contribution in [3.63, 3.8) is 0 Å². The monoisotopic (exact) mass is 198 g/mol. The standard InChI is InChI=1S/C8H14N4O2/c1-2-3-11-8(4-9-10-11)12-5-7(13)6-14-12/h4,7,13H,2-3,5-6H2,1H3. The highest BCUT2D eigenvalue weighted by atomic mass is 16.7. The number of anilines is 1. The minimum atomic E-state index is -0.417. The molecule has 2 heterocycles. The van der Waals surface area contributed by atoms with Crippen LogP contribution >= 0.6 is 0 Å². The highest BCUT2D eigenvalue weighted by Crippen LogP contribution is 2.17. The number of aliphatic hydroxyl groups is 1. The maximum absolute atomic E-state index is 9.30. The number of rotatable bonds is 3. The molecule has 1 aliphatic rings. The van der Waals surface area contributed by atoms with Crippen LogP contribution in [-0.2, 0) is 11.4 Å². The third kappa shape index (κ3) is 1.71. The number of aryl methyl sites for hydroxylation is 1. The summed E-state index contributed by atoms with van der Waals surface area (Å²) in [5.41, 5.74) is 0. The van der Waals surface area contributed by atoms with E-state index >= 15 is 0 Å². The van der Waals surface area contributed by atoms with Crippen LogP contribution in [0.15, 0.2) is 6.20 Å². The van der Waals surface area contributed by atoms with Gasteiger partial charge in [-0.1, -0.05) is 12.1 Å². The molecule has 1 atom stereocenters. The van der Waals surface area contributed by atoms with E-state index in [0.29, 0.717) is 13.2 Å². The lowest BCUT2D eigenvalue weighted by Crippen LogP contribution is -2.23. The Kier molecular flexibility index (Phi) is 2.64. The van der Waals surface area contributed by atoms with Gasteiger partial charge in [0.05, 0.1) is 18.8 Å². The van der Waals surface area contributed by atoms with Crippen LogP contribution in [0.1, 0.15) is 13.3 Å². The first kappa shape index (κ1) is 9.42. The lowest BCUT2D eigenvalue weighted by atomic mass is 10.4. The van der Waals surface area contributed by atoms with Crippen molar-refractivity contribution in [3.05, 3.63) is 6.20 Å². The molecular formula is C8H14N4O2. The molecule has 1 aromatic heterocycles. The third-order valence-corrected chi connectivity index (χ3v) is 2.09. The maximum Gasteiger partial charge on any atom is 0.171 e. The molecule has 0 amide bonds. The van der Waals surface area contributed by atoms with Crippen LogP contribution in [0.2, 0.25) is 0 Å². The van der Waals surface area contributed by atoms with Gasteiger partial charge in [0.1, 0.15) is 6.61 Å². The Morgan fingerprint density at radius 3 is 3.21 bits per heavy atom. The molecule has 78 valence electrons. The van der Waals surface area contributed by atoms with Gasteiger partial charge in [-0.05, 0) is 6.42 Å². The largest absolute Gasteiger partial charge is 0.389 e. The van der Waals surface area contributed by atoms with E-state index < -0.39 is 6.10 Å².